The van der Waals surface area contributed by atoms with Gasteiger partial charge in [0.2, 0.25) is 0 Å². The molecular weight excluding hydrogens is 299 g/mol. The fourth-order valence-corrected chi connectivity index (χ4v) is 1.88. The smallest absolute Gasteiger partial charge is 0.271 e. The van der Waals surface area contributed by atoms with Crippen molar-refractivity contribution in [2.24, 2.45) is 0 Å². The average molecular weight is 318 g/mol. The lowest BCUT2D eigenvalue weighted by Gasteiger charge is -2.07. The maximum absolute atomic E-state index is 12.8. The van der Waals surface area contributed by atoms with Gasteiger partial charge in [-0.05, 0) is 24.1 Å². The van der Waals surface area contributed by atoms with Crippen molar-refractivity contribution in [3.05, 3.63) is 53.7 Å². The molecule has 2 N–H and O–H groups in total. The third-order valence-corrected chi connectivity index (χ3v) is 3.11. The summed E-state index contributed by atoms with van der Waals surface area (Å²) >= 11 is 0. The minimum atomic E-state index is -0.285. The van der Waals surface area contributed by atoms with Crippen molar-refractivity contribution in [2.45, 2.75) is 6.42 Å². The topological polar surface area (TPSA) is 76.1 Å². The third-order valence-electron chi connectivity index (χ3n) is 3.11. The highest BCUT2D eigenvalue weighted by Crippen LogP contribution is 2.05. The molecule has 0 aliphatic carbocycles. The summed E-state index contributed by atoms with van der Waals surface area (Å²) in [4.78, 5) is 20.0. The van der Waals surface area contributed by atoms with E-state index in [1.54, 1.807) is 19.2 Å². The fourth-order valence-electron chi connectivity index (χ4n) is 1.88. The van der Waals surface area contributed by atoms with E-state index < -0.39 is 0 Å². The molecule has 0 saturated heterocycles. The van der Waals surface area contributed by atoms with Gasteiger partial charge in [0.05, 0.1) is 19.0 Å². The maximum Gasteiger partial charge on any atom is 0.271 e. The summed E-state index contributed by atoms with van der Waals surface area (Å²) in [6.07, 6.45) is 3.67. The lowest BCUT2D eigenvalue weighted by atomic mass is 10.1. The Hall–Kier alpha value is -2.54. The Morgan fingerprint density at radius 2 is 1.96 bits per heavy atom. The van der Waals surface area contributed by atoms with Crippen molar-refractivity contribution in [1.29, 1.82) is 0 Å². The number of aromatic nitrogens is 2. The summed E-state index contributed by atoms with van der Waals surface area (Å²) in [6, 6.07) is 6.37. The van der Waals surface area contributed by atoms with E-state index in [0.717, 1.165) is 12.0 Å². The second-order valence-corrected chi connectivity index (χ2v) is 4.84. The van der Waals surface area contributed by atoms with Crippen molar-refractivity contribution in [3.63, 3.8) is 0 Å². The van der Waals surface area contributed by atoms with Crippen molar-refractivity contribution in [1.82, 2.24) is 15.3 Å². The Morgan fingerprint density at radius 3 is 2.61 bits per heavy atom. The maximum atomic E-state index is 12.8. The van der Waals surface area contributed by atoms with Gasteiger partial charge in [0.15, 0.2) is 0 Å². The average Bonchev–Trinajstić information content (AvgIpc) is 2.57. The lowest BCUT2D eigenvalue weighted by Crippen LogP contribution is -2.27. The summed E-state index contributed by atoms with van der Waals surface area (Å²) in [6.45, 7) is 1.51. The molecule has 0 fully saturated rings. The van der Waals surface area contributed by atoms with Crippen molar-refractivity contribution in [3.8, 4) is 0 Å². The minimum Gasteiger partial charge on any atom is -0.383 e. The molecule has 2 rings (SSSR count). The lowest BCUT2D eigenvalue weighted by molar-refractivity contribution is 0.0932. The summed E-state index contributed by atoms with van der Waals surface area (Å²) in [7, 11) is 1.57. The van der Waals surface area contributed by atoms with Crippen molar-refractivity contribution in [2.75, 3.05) is 32.1 Å². The van der Waals surface area contributed by atoms with Crippen LogP contribution in [-0.2, 0) is 11.2 Å². The molecule has 0 saturated carbocycles. The number of methoxy groups -OCH3 is 1. The molecule has 0 unspecified atom stereocenters. The number of benzene rings is 1. The van der Waals surface area contributed by atoms with Crippen LogP contribution in [-0.4, -0.2) is 42.7 Å². The number of nitrogens with one attached hydrogen (secondary N) is 2. The fraction of sp³-hybridized carbons (Fsp3) is 0.312. The van der Waals surface area contributed by atoms with Crippen LogP contribution in [0.15, 0.2) is 36.7 Å². The first-order valence-electron chi connectivity index (χ1n) is 7.26. The van der Waals surface area contributed by atoms with Gasteiger partial charge in [0.1, 0.15) is 17.3 Å². The number of rotatable bonds is 8. The first-order valence-corrected chi connectivity index (χ1v) is 7.26. The molecule has 0 radical (unpaired) electrons. The number of halogens is 1. The van der Waals surface area contributed by atoms with E-state index >= 15 is 0 Å². The van der Waals surface area contributed by atoms with Crippen LogP contribution in [0.25, 0.3) is 0 Å². The summed E-state index contributed by atoms with van der Waals surface area (Å²) < 4.78 is 17.7. The normalized spacial score (nSPS) is 10.3. The zero-order chi connectivity index (χ0) is 16.5. The van der Waals surface area contributed by atoms with E-state index in [-0.39, 0.29) is 17.4 Å². The number of anilines is 1. The van der Waals surface area contributed by atoms with E-state index in [4.69, 9.17) is 4.74 Å². The van der Waals surface area contributed by atoms with Crippen LogP contribution in [0.2, 0.25) is 0 Å². The molecule has 0 aliphatic heterocycles. The number of carbonyl (C=O) groups excluding carboxylic acids is 1. The number of ether oxygens (including phenoxy) is 1. The first-order chi connectivity index (χ1) is 11.2. The second-order valence-electron chi connectivity index (χ2n) is 4.84. The molecule has 0 atom stereocenters. The number of amides is 1. The van der Waals surface area contributed by atoms with Gasteiger partial charge in [0, 0.05) is 20.2 Å². The Morgan fingerprint density at radius 1 is 1.17 bits per heavy atom. The quantitative estimate of drug-likeness (QED) is 0.724. The van der Waals surface area contributed by atoms with Gasteiger partial charge in [-0.25, -0.2) is 14.4 Å². The molecule has 6 nitrogen and oxygen atoms in total. The third kappa shape index (κ3) is 5.63. The van der Waals surface area contributed by atoms with E-state index in [1.807, 2.05) is 0 Å². The molecule has 0 aliphatic rings. The minimum absolute atomic E-state index is 0.244. The SMILES string of the molecule is COCCNC(=O)c1cnc(NCCc2ccc(F)cc2)cn1. The van der Waals surface area contributed by atoms with Crippen LogP contribution in [0.1, 0.15) is 16.1 Å². The van der Waals surface area contributed by atoms with Crippen LogP contribution in [0.4, 0.5) is 10.2 Å². The predicted octanol–water partition coefficient (Wildman–Crippen LogP) is 1.65. The number of nitrogens with zero attached hydrogens (tertiary/aromatic N) is 2. The largest absolute Gasteiger partial charge is 0.383 e. The Kier molecular flexibility index (Phi) is 6.43. The standard InChI is InChI=1S/C16H19FN4O2/c1-23-9-8-19-16(22)14-10-21-15(11-20-14)18-7-6-12-2-4-13(17)5-3-12/h2-5,10-11H,6-9H2,1H3,(H,18,21)(H,19,22). The molecule has 0 spiro atoms. The molecule has 2 aromatic rings. The Bertz CT molecular complexity index is 617. The summed E-state index contributed by atoms with van der Waals surface area (Å²) in [5, 5.41) is 5.78. The van der Waals surface area contributed by atoms with Crippen LogP contribution in [0.5, 0.6) is 0 Å². The first kappa shape index (κ1) is 16.8. The molecule has 1 aromatic carbocycles. The van der Waals surface area contributed by atoms with Gasteiger partial charge >= 0.3 is 0 Å². The summed E-state index contributed by atoms with van der Waals surface area (Å²) in [5.74, 6) is 0.0555. The Labute approximate surface area is 134 Å². The monoisotopic (exact) mass is 318 g/mol. The molecular formula is C16H19FN4O2. The zero-order valence-electron chi connectivity index (χ0n) is 12.9. The van der Waals surface area contributed by atoms with Crippen molar-refractivity contribution >= 4 is 11.7 Å². The molecule has 1 aromatic heterocycles. The van der Waals surface area contributed by atoms with Crippen LogP contribution < -0.4 is 10.6 Å². The van der Waals surface area contributed by atoms with E-state index in [0.29, 0.717) is 25.5 Å². The van der Waals surface area contributed by atoms with E-state index in [9.17, 15) is 9.18 Å². The van der Waals surface area contributed by atoms with Crippen LogP contribution >= 0.6 is 0 Å². The van der Waals surface area contributed by atoms with E-state index in [2.05, 4.69) is 20.6 Å². The van der Waals surface area contributed by atoms with Crippen LogP contribution in [0.3, 0.4) is 0 Å². The van der Waals surface area contributed by atoms with Crippen molar-refractivity contribution < 1.29 is 13.9 Å². The molecule has 23 heavy (non-hydrogen) atoms. The van der Waals surface area contributed by atoms with Crippen LogP contribution in [0, 0.1) is 5.82 Å². The zero-order valence-corrected chi connectivity index (χ0v) is 12.9. The molecule has 1 heterocycles. The van der Waals surface area contributed by atoms with Gasteiger partial charge in [-0.2, -0.15) is 0 Å². The highest BCUT2D eigenvalue weighted by Gasteiger charge is 2.07. The van der Waals surface area contributed by atoms with Gasteiger partial charge in [0.25, 0.3) is 5.91 Å². The van der Waals surface area contributed by atoms with Gasteiger partial charge in [-0.15, -0.1) is 0 Å². The molecule has 0 bridgehead atoms. The van der Waals surface area contributed by atoms with E-state index in [1.165, 1.54) is 24.5 Å². The van der Waals surface area contributed by atoms with Gasteiger partial charge < -0.3 is 15.4 Å². The number of carbonyl (C=O) groups is 1. The summed E-state index contributed by atoms with van der Waals surface area (Å²) in [5.41, 5.74) is 1.28. The molecule has 1 amide bonds. The van der Waals surface area contributed by atoms with Gasteiger partial charge in [-0.3, -0.25) is 4.79 Å². The predicted molar refractivity (Wildman–Crippen MR) is 84.8 cm³/mol. The highest BCUT2D eigenvalue weighted by atomic mass is 19.1. The molecule has 122 valence electrons. The number of hydrogen-bond acceptors (Lipinski definition) is 5. The van der Waals surface area contributed by atoms with Gasteiger partial charge in [-0.1, -0.05) is 12.1 Å². The Balaban J connectivity index is 1.78. The molecule has 7 heteroatoms. The number of hydrogen-bond donors (Lipinski definition) is 2. The highest BCUT2D eigenvalue weighted by molar-refractivity contribution is 5.91. The second kappa shape index (κ2) is 8.79.